The van der Waals surface area contributed by atoms with Crippen molar-refractivity contribution in [2.24, 2.45) is 5.92 Å². The first-order valence-electron chi connectivity index (χ1n) is 7.09. The minimum Gasteiger partial charge on any atom is -0.393 e. The van der Waals surface area contributed by atoms with Gasteiger partial charge in [0, 0.05) is 31.3 Å². The number of aliphatic hydroxyl groups excluding tert-OH is 1. The van der Waals surface area contributed by atoms with Crippen LogP contribution in [0.3, 0.4) is 0 Å². The number of carbonyl (C=O) groups is 1. The highest BCUT2D eigenvalue weighted by Gasteiger charge is 2.23. The molecule has 104 valence electrons. The number of hydrogen-bond donors (Lipinski definition) is 2. The number of aromatic nitrogens is 1. The maximum absolute atomic E-state index is 11.8. The van der Waals surface area contributed by atoms with Crippen molar-refractivity contribution >= 4 is 5.91 Å². The second-order valence-electron chi connectivity index (χ2n) is 5.28. The first-order valence-corrected chi connectivity index (χ1v) is 7.09. The van der Waals surface area contributed by atoms with Crippen LogP contribution in [0.2, 0.25) is 0 Å². The maximum atomic E-state index is 11.8. The summed E-state index contributed by atoms with van der Waals surface area (Å²) in [5.74, 6) is 0.290. The molecule has 0 bridgehead atoms. The molecule has 2 rings (SSSR count). The van der Waals surface area contributed by atoms with Crippen molar-refractivity contribution in [2.45, 2.75) is 44.6 Å². The Bertz CT molecular complexity index is 394. The van der Waals surface area contributed by atoms with Crippen molar-refractivity contribution in [1.29, 1.82) is 0 Å². The number of carbonyl (C=O) groups excluding carboxylic acids is 1. The molecule has 1 aromatic rings. The van der Waals surface area contributed by atoms with Crippen LogP contribution < -0.4 is 5.32 Å². The predicted molar refractivity (Wildman–Crippen MR) is 73.5 cm³/mol. The second kappa shape index (κ2) is 7.24. The largest absolute Gasteiger partial charge is 0.393 e. The van der Waals surface area contributed by atoms with Crippen LogP contribution in [-0.4, -0.2) is 28.6 Å². The van der Waals surface area contributed by atoms with E-state index in [0.29, 0.717) is 19.4 Å². The van der Waals surface area contributed by atoms with Gasteiger partial charge in [0.15, 0.2) is 0 Å². The summed E-state index contributed by atoms with van der Waals surface area (Å²) in [6.07, 6.45) is 8.63. The number of aryl methyl sites for hydroxylation is 1. The van der Waals surface area contributed by atoms with E-state index in [9.17, 15) is 9.90 Å². The lowest BCUT2D eigenvalue weighted by Crippen LogP contribution is -2.36. The van der Waals surface area contributed by atoms with Crippen molar-refractivity contribution in [3.05, 3.63) is 30.1 Å². The Hall–Kier alpha value is -1.42. The summed E-state index contributed by atoms with van der Waals surface area (Å²) < 4.78 is 0. The van der Waals surface area contributed by atoms with E-state index in [-0.39, 0.29) is 17.9 Å². The zero-order valence-corrected chi connectivity index (χ0v) is 11.2. The number of rotatable bonds is 5. The molecule has 4 heteroatoms. The standard InChI is InChI=1S/C15H22N2O2/c18-14-6-2-1-5-13(14)11-17-15(19)8-7-12-4-3-9-16-10-12/h3-4,9-10,13-14,18H,1-2,5-8,11H2,(H,17,19). The fourth-order valence-electron chi connectivity index (χ4n) is 2.56. The third-order valence-electron chi connectivity index (χ3n) is 3.79. The average molecular weight is 262 g/mol. The quantitative estimate of drug-likeness (QED) is 0.848. The van der Waals surface area contributed by atoms with E-state index in [1.165, 1.54) is 0 Å². The summed E-state index contributed by atoms with van der Waals surface area (Å²) in [5.41, 5.74) is 1.08. The minimum absolute atomic E-state index is 0.0571. The molecule has 1 amide bonds. The Balaban J connectivity index is 1.67. The Morgan fingerprint density at radius 1 is 1.42 bits per heavy atom. The summed E-state index contributed by atoms with van der Waals surface area (Å²) in [6.45, 7) is 0.604. The van der Waals surface area contributed by atoms with Crippen LogP contribution >= 0.6 is 0 Å². The Morgan fingerprint density at radius 2 is 2.26 bits per heavy atom. The van der Waals surface area contributed by atoms with E-state index in [4.69, 9.17) is 0 Å². The third kappa shape index (κ3) is 4.63. The first-order chi connectivity index (χ1) is 9.25. The molecular formula is C15H22N2O2. The number of pyridine rings is 1. The number of hydrogen-bond acceptors (Lipinski definition) is 3. The molecular weight excluding hydrogens is 240 g/mol. The molecule has 2 atom stereocenters. The molecule has 1 aromatic heterocycles. The fourth-order valence-corrected chi connectivity index (χ4v) is 2.56. The summed E-state index contributed by atoms with van der Waals surface area (Å²) in [6, 6.07) is 3.86. The molecule has 0 radical (unpaired) electrons. The number of amides is 1. The van der Waals surface area contributed by atoms with E-state index >= 15 is 0 Å². The molecule has 1 aliphatic carbocycles. The molecule has 0 aliphatic heterocycles. The van der Waals surface area contributed by atoms with Crippen molar-refractivity contribution < 1.29 is 9.90 Å². The number of nitrogens with zero attached hydrogens (tertiary/aromatic N) is 1. The monoisotopic (exact) mass is 262 g/mol. The van der Waals surface area contributed by atoms with Gasteiger partial charge in [-0.2, -0.15) is 0 Å². The fraction of sp³-hybridized carbons (Fsp3) is 0.600. The zero-order chi connectivity index (χ0) is 13.5. The molecule has 0 spiro atoms. The van der Waals surface area contributed by atoms with E-state index < -0.39 is 0 Å². The second-order valence-corrected chi connectivity index (χ2v) is 5.28. The first kappa shape index (κ1) is 14.0. The van der Waals surface area contributed by atoms with Crippen LogP contribution in [0.5, 0.6) is 0 Å². The van der Waals surface area contributed by atoms with Gasteiger partial charge in [0.05, 0.1) is 6.10 Å². The number of nitrogens with one attached hydrogen (secondary N) is 1. The van der Waals surface area contributed by atoms with Crippen LogP contribution in [0.1, 0.15) is 37.7 Å². The van der Waals surface area contributed by atoms with Crippen molar-refractivity contribution in [2.75, 3.05) is 6.54 Å². The molecule has 4 nitrogen and oxygen atoms in total. The van der Waals surface area contributed by atoms with Gasteiger partial charge in [0.25, 0.3) is 0 Å². The summed E-state index contributed by atoms with van der Waals surface area (Å²) >= 11 is 0. The molecule has 1 aliphatic rings. The Labute approximate surface area is 114 Å². The Kier molecular flexibility index (Phi) is 5.33. The van der Waals surface area contributed by atoms with E-state index in [1.807, 2.05) is 12.1 Å². The van der Waals surface area contributed by atoms with Gasteiger partial charge in [-0.05, 0) is 30.9 Å². The van der Waals surface area contributed by atoms with Crippen molar-refractivity contribution in [3.63, 3.8) is 0 Å². The van der Waals surface area contributed by atoms with Crippen LogP contribution in [0, 0.1) is 5.92 Å². The molecule has 1 heterocycles. The normalized spacial score (nSPS) is 23.0. The van der Waals surface area contributed by atoms with Gasteiger partial charge >= 0.3 is 0 Å². The van der Waals surface area contributed by atoms with E-state index in [1.54, 1.807) is 12.4 Å². The van der Waals surface area contributed by atoms with Crippen LogP contribution in [0.25, 0.3) is 0 Å². The lowest BCUT2D eigenvalue weighted by atomic mass is 9.86. The van der Waals surface area contributed by atoms with Crippen LogP contribution in [0.15, 0.2) is 24.5 Å². The minimum atomic E-state index is -0.243. The summed E-state index contributed by atoms with van der Waals surface area (Å²) in [7, 11) is 0. The molecule has 1 fully saturated rings. The van der Waals surface area contributed by atoms with Crippen LogP contribution in [-0.2, 0) is 11.2 Å². The molecule has 19 heavy (non-hydrogen) atoms. The van der Waals surface area contributed by atoms with Gasteiger partial charge in [-0.1, -0.05) is 18.9 Å². The predicted octanol–water partition coefficient (Wildman–Crippen LogP) is 1.68. The van der Waals surface area contributed by atoms with Gasteiger partial charge in [0.2, 0.25) is 5.91 Å². The molecule has 0 aromatic carbocycles. The van der Waals surface area contributed by atoms with Crippen LogP contribution in [0.4, 0.5) is 0 Å². The highest BCUT2D eigenvalue weighted by Crippen LogP contribution is 2.23. The molecule has 2 N–H and O–H groups in total. The lowest BCUT2D eigenvalue weighted by molar-refractivity contribution is -0.121. The third-order valence-corrected chi connectivity index (χ3v) is 3.79. The summed E-state index contributed by atoms with van der Waals surface area (Å²) in [5, 5.41) is 12.8. The SMILES string of the molecule is O=C(CCc1cccnc1)NCC1CCCCC1O. The molecule has 2 unspecified atom stereocenters. The van der Waals surface area contributed by atoms with Gasteiger partial charge in [-0.3, -0.25) is 9.78 Å². The van der Waals surface area contributed by atoms with E-state index in [2.05, 4.69) is 10.3 Å². The summed E-state index contributed by atoms with van der Waals surface area (Å²) in [4.78, 5) is 15.8. The smallest absolute Gasteiger partial charge is 0.220 e. The average Bonchev–Trinajstić information content (AvgIpc) is 2.45. The van der Waals surface area contributed by atoms with Gasteiger partial charge < -0.3 is 10.4 Å². The lowest BCUT2D eigenvalue weighted by Gasteiger charge is -2.27. The van der Waals surface area contributed by atoms with Crippen molar-refractivity contribution in [3.8, 4) is 0 Å². The topological polar surface area (TPSA) is 62.2 Å². The Morgan fingerprint density at radius 3 is 3.00 bits per heavy atom. The van der Waals surface area contributed by atoms with Gasteiger partial charge in [-0.15, -0.1) is 0 Å². The van der Waals surface area contributed by atoms with Gasteiger partial charge in [0.1, 0.15) is 0 Å². The highest BCUT2D eigenvalue weighted by atomic mass is 16.3. The van der Waals surface area contributed by atoms with Crippen molar-refractivity contribution in [1.82, 2.24) is 10.3 Å². The van der Waals surface area contributed by atoms with E-state index in [0.717, 1.165) is 31.2 Å². The molecule has 1 saturated carbocycles. The van der Waals surface area contributed by atoms with Gasteiger partial charge in [-0.25, -0.2) is 0 Å². The zero-order valence-electron chi connectivity index (χ0n) is 11.2. The highest BCUT2D eigenvalue weighted by molar-refractivity contribution is 5.76. The number of aliphatic hydroxyl groups is 1. The molecule has 0 saturated heterocycles. The maximum Gasteiger partial charge on any atom is 0.220 e.